The summed E-state index contributed by atoms with van der Waals surface area (Å²) in [6.45, 7) is 4.16. The largest absolute Gasteiger partial charge is 0.355 e. The van der Waals surface area contributed by atoms with Gasteiger partial charge in [0.05, 0.1) is 16.7 Å². The van der Waals surface area contributed by atoms with E-state index in [1.807, 2.05) is 31.2 Å². The fourth-order valence-electron chi connectivity index (χ4n) is 1.73. The van der Waals surface area contributed by atoms with Crippen LogP contribution in [0.2, 0.25) is 0 Å². The molecule has 17 heavy (non-hydrogen) atoms. The number of para-hydroxylation sites is 2. The van der Waals surface area contributed by atoms with Crippen molar-refractivity contribution in [3.05, 3.63) is 30.0 Å². The van der Waals surface area contributed by atoms with Gasteiger partial charge in [0.25, 0.3) is 0 Å². The van der Waals surface area contributed by atoms with Crippen molar-refractivity contribution in [1.29, 1.82) is 0 Å². The molecule has 1 unspecified atom stereocenters. The summed E-state index contributed by atoms with van der Waals surface area (Å²) in [6.07, 6.45) is 0. The Labute approximate surface area is 110 Å². The first-order chi connectivity index (χ1) is 8.13. The van der Waals surface area contributed by atoms with Crippen molar-refractivity contribution in [2.24, 2.45) is 0 Å². The van der Waals surface area contributed by atoms with E-state index in [1.54, 1.807) is 0 Å². The predicted octanol–water partition coefficient (Wildman–Crippen LogP) is 3.16. The molecule has 0 bridgehead atoms. The lowest BCUT2D eigenvalue weighted by Gasteiger charge is -2.25. The monoisotopic (exact) mass is 293 g/mol. The van der Waals surface area contributed by atoms with Crippen LogP contribution >= 0.6 is 15.9 Å². The molecule has 90 valence electrons. The molecule has 1 aromatic heterocycles. The molecular formula is C13H16BrN3. The maximum absolute atomic E-state index is 4.69. The van der Waals surface area contributed by atoms with Crippen LogP contribution in [0.25, 0.3) is 11.0 Å². The van der Waals surface area contributed by atoms with Gasteiger partial charge in [0.2, 0.25) is 0 Å². The number of aromatic nitrogens is 2. The van der Waals surface area contributed by atoms with Gasteiger partial charge in [-0.05, 0) is 26.0 Å². The number of anilines is 1. The smallest absolute Gasteiger partial charge is 0.150 e. The zero-order chi connectivity index (χ0) is 12.4. The van der Waals surface area contributed by atoms with Gasteiger partial charge < -0.3 is 4.90 Å². The summed E-state index contributed by atoms with van der Waals surface area (Å²) in [7, 11) is 2.05. The van der Waals surface area contributed by atoms with Gasteiger partial charge in [-0.1, -0.05) is 28.1 Å². The van der Waals surface area contributed by atoms with Crippen LogP contribution in [-0.2, 0) is 0 Å². The minimum absolute atomic E-state index is 0.393. The van der Waals surface area contributed by atoms with Gasteiger partial charge in [0, 0.05) is 18.4 Å². The van der Waals surface area contributed by atoms with E-state index in [4.69, 9.17) is 0 Å². The van der Waals surface area contributed by atoms with Crippen molar-refractivity contribution in [3.8, 4) is 0 Å². The topological polar surface area (TPSA) is 29.0 Å². The van der Waals surface area contributed by atoms with E-state index < -0.39 is 0 Å². The van der Waals surface area contributed by atoms with Gasteiger partial charge in [0.1, 0.15) is 0 Å². The Morgan fingerprint density at radius 2 is 1.82 bits per heavy atom. The number of aryl methyl sites for hydroxylation is 1. The van der Waals surface area contributed by atoms with Crippen molar-refractivity contribution >= 4 is 32.8 Å². The lowest BCUT2D eigenvalue weighted by molar-refractivity contribution is 0.753. The molecule has 0 aliphatic heterocycles. The Morgan fingerprint density at radius 1 is 1.24 bits per heavy atom. The second kappa shape index (κ2) is 5.00. The van der Waals surface area contributed by atoms with Crippen LogP contribution in [0.3, 0.4) is 0 Å². The quantitative estimate of drug-likeness (QED) is 0.814. The normalized spacial score (nSPS) is 12.7. The van der Waals surface area contributed by atoms with E-state index in [9.17, 15) is 0 Å². The predicted molar refractivity (Wildman–Crippen MR) is 75.9 cm³/mol. The number of rotatable bonds is 3. The zero-order valence-corrected chi connectivity index (χ0v) is 11.9. The maximum Gasteiger partial charge on any atom is 0.150 e. The minimum atomic E-state index is 0.393. The molecule has 0 spiro atoms. The van der Waals surface area contributed by atoms with Gasteiger partial charge >= 0.3 is 0 Å². The summed E-state index contributed by atoms with van der Waals surface area (Å²) in [6, 6.07) is 8.36. The Balaban J connectivity index is 2.50. The van der Waals surface area contributed by atoms with Crippen LogP contribution in [0.1, 0.15) is 12.6 Å². The Hall–Kier alpha value is -1.16. The Morgan fingerprint density at radius 3 is 2.41 bits per heavy atom. The number of hydrogen-bond donors (Lipinski definition) is 0. The number of fused-ring (bicyclic) bond motifs is 1. The summed E-state index contributed by atoms with van der Waals surface area (Å²) < 4.78 is 0. The second-order valence-corrected chi connectivity index (χ2v) is 4.88. The third kappa shape index (κ3) is 2.41. The first-order valence-electron chi connectivity index (χ1n) is 5.65. The van der Waals surface area contributed by atoms with Crippen molar-refractivity contribution < 1.29 is 0 Å². The molecule has 0 radical (unpaired) electrons. The van der Waals surface area contributed by atoms with Crippen LogP contribution in [0.5, 0.6) is 0 Å². The molecule has 3 nitrogen and oxygen atoms in total. The van der Waals surface area contributed by atoms with Crippen LogP contribution in [0, 0.1) is 6.92 Å². The van der Waals surface area contributed by atoms with Crippen LogP contribution < -0.4 is 4.90 Å². The molecule has 2 rings (SSSR count). The molecule has 4 heteroatoms. The summed E-state index contributed by atoms with van der Waals surface area (Å²) in [5.74, 6) is 0.954. The maximum atomic E-state index is 4.69. The lowest BCUT2D eigenvalue weighted by Crippen LogP contribution is -2.31. The molecule has 0 fully saturated rings. The van der Waals surface area contributed by atoms with E-state index in [1.165, 1.54) is 0 Å². The highest BCUT2D eigenvalue weighted by Gasteiger charge is 2.14. The van der Waals surface area contributed by atoms with Gasteiger partial charge in [-0.2, -0.15) is 0 Å². The van der Waals surface area contributed by atoms with E-state index >= 15 is 0 Å². The van der Waals surface area contributed by atoms with E-state index in [0.717, 1.165) is 27.9 Å². The molecule has 0 aliphatic rings. The minimum Gasteiger partial charge on any atom is -0.355 e. The van der Waals surface area contributed by atoms with E-state index in [-0.39, 0.29) is 0 Å². The molecule has 0 saturated heterocycles. The molecular weight excluding hydrogens is 278 g/mol. The molecule has 0 saturated carbocycles. The van der Waals surface area contributed by atoms with E-state index in [2.05, 4.69) is 44.8 Å². The lowest BCUT2D eigenvalue weighted by atomic mass is 10.2. The van der Waals surface area contributed by atoms with Gasteiger partial charge in [-0.3, -0.25) is 0 Å². The van der Waals surface area contributed by atoms with E-state index in [0.29, 0.717) is 6.04 Å². The molecule has 0 N–H and O–H groups in total. The molecule has 1 aromatic carbocycles. The van der Waals surface area contributed by atoms with Gasteiger partial charge in [-0.15, -0.1) is 0 Å². The number of alkyl halides is 1. The van der Waals surface area contributed by atoms with Crippen molar-refractivity contribution in [1.82, 2.24) is 9.97 Å². The standard InChI is InChI=1S/C13H16BrN3/c1-9(8-14)17(3)13-10(2)15-11-6-4-5-7-12(11)16-13/h4-7,9H,8H2,1-3H3. The molecule has 1 heterocycles. The third-order valence-corrected chi connectivity index (χ3v) is 3.88. The highest BCUT2D eigenvalue weighted by atomic mass is 79.9. The first-order valence-corrected chi connectivity index (χ1v) is 6.78. The second-order valence-electron chi connectivity index (χ2n) is 4.24. The summed E-state index contributed by atoms with van der Waals surface area (Å²) in [5, 5.41) is 0.914. The molecule has 0 aliphatic carbocycles. The highest BCUT2D eigenvalue weighted by molar-refractivity contribution is 9.09. The van der Waals surface area contributed by atoms with Crippen molar-refractivity contribution in [2.75, 3.05) is 17.3 Å². The number of nitrogens with zero attached hydrogens (tertiary/aromatic N) is 3. The Bertz CT molecular complexity index is 527. The SMILES string of the molecule is Cc1nc2ccccc2nc1N(C)C(C)CBr. The number of benzene rings is 1. The van der Waals surface area contributed by atoms with Crippen LogP contribution in [0.4, 0.5) is 5.82 Å². The third-order valence-electron chi connectivity index (χ3n) is 2.94. The number of halogens is 1. The highest BCUT2D eigenvalue weighted by Crippen LogP contribution is 2.20. The van der Waals surface area contributed by atoms with Crippen molar-refractivity contribution in [2.45, 2.75) is 19.9 Å². The zero-order valence-electron chi connectivity index (χ0n) is 10.3. The fraction of sp³-hybridized carbons (Fsp3) is 0.385. The van der Waals surface area contributed by atoms with Gasteiger partial charge in [0.15, 0.2) is 5.82 Å². The average molecular weight is 294 g/mol. The molecule has 2 aromatic rings. The number of hydrogen-bond acceptors (Lipinski definition) is 3. The average Bonchev–Trinajstić information content (AvgIpc) is 2.36. The summed E-state index contributed by atoms with van der Waals surface area (Å²) >= 11 is 3.50. The molecule has 1 atom stereocenters. The van der Waals surface area contributed by atoms with Crippen molar-refractivity contribution in [3.63, 3.8) is 0 Å². The molecule has 0 amide bonds. The van der Waals surface area contributed by atoms with Gasteiger partial charge in [-0.25, -0.2) is 9.97 Å². The Kier molecular flexibility index (Phi) is 3.62. The first kappa shape index (κ1) is 12.3. The summed E-state index contributed by atoms with van der Waals surface area (Å²) in [5.41, 5.74) is 2.87. The summed E-state index contributed by atoms with van der Waals surface area (Å²) in [4.78, 5) is 11.4. The van der Waals surface area contributed by atoms with Crippen LogP contribution in [0.15, 0.2) is 24.3 Å². The van der Waals surface area contributed by atoms with Crippen LogP contribution in [-0.4, -0.2) is 28.4 Å². The fourth-order valence-corrected chi connectivity index (χ4v) is 2.16.